The normalized spacial score (nSPS) is 16.3. The van der Waals surface area contributed by atoms with Crippen LogP contribution in [0.3, 0.4) is 0 Å². The summed E-state index contributed by atoms with van der Waals surface area (Å²) in [6.07, 6.45) is 3.24. The van der Waals surface area contributed by atoms with Gasteiger partial charge in [-0.1, -0.05) is 12.1 Å². The van der Waals surface area contributed by atoms with E-state index in [2.05, 4.69) is 10.0 Å². The fraction of sp³-hybridized carbons (Fsp3) is 0.533. The number of amides is 1. The van der Waals surface area contributed by atoms with Crippen LogP contribution in [-0.2, 0) is 21.2 Å². The largest absolute Gasteiger partial charge is 0.352 e. The van der Waals surface area contributed by atoms with E-state index < -0.39 is 10.0 Å². The molecule has 1 aliphatic rings. The van der Waals surface area contributed by atoms with E-state index in [1.54, 1.807) is 24.3 Å². The lowest BCUT2D eigenvalue weighted by atomic mass is 10.1. The molecule has 1 atom stereocenters. The summed E-state index contributed by atoms with van der Waals surface area (Å²) < 4.78 is 25.5. The van der Waals surface area contributed by atoms with Gasteiger partial charge >= 0.3 is 0 Å². The van der Waals surface area contributed by atoms with Crippen LogP contribution < -0.4 is 15.8 Å². The number of nitrogens with two attached hydrogens (primary N) is 1. The van der Waals surface area contributed by atoms with Gasteiger partial charge in [0, 0.05) is 19.0 Å². The highest BCUT2D eigenvalue weighted by atomic mass is 32.2. The molecule has 2 rings (SSSR count). The summed E-state index contributed by atoms with van der Waals surface area (Å²) in [6.45, 7) is 0.479. The number of benzene rings is 1. The van der Waals surface area contributed by atoms with Gasteiger partial charge in [0.1, 0.15) is 0 Å². The Morgan fingerprint density at radius 2 is 1.95 bits per heavy atom. The average molecular weight is 325 g/mol. The molecule has 1 saturated carbocycles. The first-order chi connectivity index (χ1) is 10.5. The number of aryl methyl sites for hydroxylation is 1. The third-order valence-corrected chi connectivity index (χ3v) is 5.36. The van der Waals surface area contributed by atoms with E-state index >= 15 is 0 Å². The number of rotatable bonds is 8. The molecular formula is C15H23N3O3S. The molecular weight excluding hydrogens is 302 g/mol. The summed E-state index contributed by atoms with van der Waals surface area (Å²) in [6, 6.07) is 6.66. The molecule has 4 N–H and O–H groups in total. The lowest BCUT2D eigenvalue weighted by molar-refractivity contribution is -0.121. The second-order valence-corrected chi connectivity index (χ2v) is 7.49. The Labute approximate surface area is 131 Å². The minimum absolute atomic E-state index is 0.00530. The highest BCUT2D eigenvalue weighted by Gasteiger charge is 2.30. The van der Waals surface area contributed by atoms with Crippen LogP contribution >= 0.6 is 0 Å². The molecule has 1 aromatic rings. The van der Waals surface area contributed by atoms with Crippen molar-refractivity contribution in [2.24, 2.45) is 11.7 Å². The first kappa shape index (κ1) is 16.9. The molecule has 1 aromatic carbocycles. The van der Waals surface area contributed by atoms with Crippen molar-refractivity contribution >= 4 is 15.9 Å². The standard InChI is InChI=1S/C15H23N3O3S/c1-17-22(20,21)13-7-2-11(3-8-13)4-9-15(19)18-14(10-16)12-5-6-12/h2-3,7-8,12,14,17H,4-6,9-10,16H2,1H3,(H,18,19). The van der Waals surface area contributed by atoms with Crippen molar-refractivity contribution in [2.75, 3.05) is 13.6 Å². The molecule has 0 radical (unpaired) electrons. The van der Waals surface area contributed by atoms with Crippen LogP contribution in [0.25, 0.3) is 0 Å². The van der Waals surface area contributed by atoms with E-state index in [9.17, 15) is 13.2 Å². The van der Waals surface area contributed by atoms with Gasteiger partial charge in [0.05, 0.1) is 4.90 Å². The Morgan fingerprint density at radius 1 is 1.32 bits per heavy atom. The van der Waals surface area contributed by atoms with Crippen LogP contribution in [0.4, 0.5) is 0 Å². The van der Waals surface area contributed by atoms with Gasteiger partial charge < -0.3 is 11.1 Å². The predicted octanol–water partition coefficient (Wildman–Crippen LogP) is 0.381. The van der Waals surface area contributed by atoms with E-state index in [0.29, 0.717) is 25.3 Å². The van der Waals surface area contributed by atoms with Crippen LogP contribution in [0.15, 0.2) is 29.2 Å². The molecule has 22 heavy (non-hydrogen) atoms. The van der Waals surface area contributed by atoms with Gasteiger partial charge in [-0.2, -0.15) is 0 Å². The Balaban J connectivity index is 1.85. The molecule has 6 nitrogen and oxygen atoms in total. The van der Waals surface area contributed by atoms with Crippen molar-refractivity contribution in [3.63, 3.8) is 0 Å². The summed E-state index contributed by atoms with van der Waals surface area (Å²) in [5.41, 5.74) is 6.59. The summed E-state index contributed by atoms with van der Waals surface area (Å²) in [5, 5.41) is 2.97. The predicted molar refractivity (Wildman–Crippen MR) is 84.7 cm³/mol. The monoisotopic (exact) mass is 325 g/mol. The molecule has 1 aliphatic carbocycles. The minimum Gasteiger partial charge on any atom is -0.352 e. The van der Waals surface area contributed by atoms with E-state index in [1.165, 1.54) is 7.05 Å². The van der Waals surface area contributed by atoms with Gasteiger partial charge in [-0.25, -0.2) is 13.1 Å². The van der Waals surface area contributed by atoms with Crippen LogP contribution in [-0.4, -0.2) is 34.0 Å². The van der Waals surface area contributed by atoms with E-state index in [1.807, 2.05) is 0 Å². The van der Waals surface area contributed by atoms with Crippen molar-refractivity contribution in [2.45, 2.75) is 36.6 Å². The van der Waals surface area contributed by atoms with Crippen molar-refractivity contribution in [3.8, 4) is 0 Å². The first-order valence-corrected chi connectivity index (χ1v) is 8.96. The third kappa shape index (κ3) is 4.53. The molecule has 0 spiro atoms. The van der Waals surface area contributed by atoms with Crippen LogP contribution in [0, 0.1) is 5.92 Å². The Morgan fingerprint density at radius 3 is 2.45 bits per heavy atom. The Hall–Kier alpha value is -1.44. The summed E-state index contributed by atoms with van der Waals surface area (Å²) in [5.74, 6) is 0.536. The first-order valence-electron chi connectivity index (χ1n) is 7.48. The molecule has 0 saturated heterocycles. The highest BCUT2D eigenvalue weighted by Crippen LogP contribution is 2.32. The molecule has 1 fully saturated rings. The maximum absolute atomic E-state index is 11.9. The summed E-state index contributed by atoms with van der Waals surface area (Å²) >= 11 is 0. The van der Waals surface area contributed by atoms with Gasteiger partial charge in [0.15, 0.2) is 0 Å². The van der Waals surface area contributed by atoms with Crippen molar-refractivity contribution in [3.05, 3.63) is 29.8 Å². The molecule has 122 valence electrons. The SMILES string of the molecule is CNS(=O)(=O)c1ccc(CCC(=O)NC(CN)C2CC2)cc1. The number of hydrogen-bond donors (Lipinski definition) is 3. The number of hydrogen-bond acceptors (Lipinski definition) is 4. The van der Waals surface area contributed by atoms with E-state index in [4.69, 9.17) is 5.73 Å². The van der Waals surface area contributed by atoms with Gasteiger partial charge in [-0.15, -0.1) is 0 Å². The zero-order chi connectivity index (χ0) is 16.2. The topological polar surface area (TPSA) is 101 Å². The second-order valence-electron chi connectivity index (χ2n) is 5.60. The molecule has 0 aromatic heterocycles. The maximum atomic E-state index is 11.9. The molecule has 1 unspecified atom stereocenters. The maximum Gasteiger partial charge on any atom is 0.240 e. The lowest BCUT2D eigenvalue weighted by Gasteiger charge is -2.15. The smallest absolute Gasteiger partial charge is 0.240 e. The fourth-order valence-electron chi connectivity index (χ4n) is 2.36. The number of sulfonamides is 1. The van der Waals surface area contributed by atoms with Gasteiger partial charge in [0.25, 0.3) is 0 Å². The Bertz CT molecular complexity index is 609. The molecule has 0 aliphatic heterocycles. The van der Waals surface area contributed by atoms with E-state index in [0.717, 1.165) is 18.4 Å². The molecule has 0 bridgehead atoms. The molecule has 7 heteroatoms. The Kier molecular flexibility index (Phi) is 5.55. The number of carbonyl (C=O) groups excluding carboxylic acids is 1. The number of carbonyl (C=O) groups is 1. The zero-order valence-electron chi connectivity index (χ0n) is 12.7. The molecule has 1 amide bonds. The van der Waals surface area contributed by atoms with Crippen LogP contribution in [0.5, 0.6) is 0 Å². The second kappa shape index (κ2) is 7.21. The zero-order valence-corrected chi connectivity index (χ0v) is 13.5. The quantitative estimate of drug-likeness (QED) is 0.643. The van der Waals surface area contributed by atoms with Gasteiger partial charge in [-0.3, -0.25) is 4.79 Å². The van der Waals surface area contributed by atoms with Crippen molar-refractivity contribution in [1.29, 1.82) is 0 Å². The average Bonchev–Trinajstić information content (AvgIpc) is 3.35. The van der Waals surface area contributed by atoms with Crippen LogP contribution in [0.2, 0.25) is 0 Å². The van der Waals surface area contributed by atoms with Crippen LogP contribution in [0.1, 0.15) is 24.8 Å². The minimum atomic E-state index is -3.41. The van der Waals surface area contributed by atoms with Crippen molar-refractivity contribution in [1.82, 2.24) is 10.0 Å². The lowest BCUT2D eigenvalue weighted by Crippen LogP contribution is -2.41. The van der Waals surface area contributed by atoms with Crippen molar-refractivity contribution < 1.29 is 13.2 Å². The molecule has 0 heterocycles. The highest BCUT2D eigenvalue weighted by molar-refractivity contribution is 7.89. The summed E-state index contributed by atoms with van der Waals surface area (Å²) in [4.78, 5) is 12.1. The van der Waals surface area contributed by atoms with Gasteiger partial charge in [-0.05, 0) is 49.9 Å². The summed E-state index contributed by atoms with van der Waals surface area (Å²) in [7, 11) is -2.03. The third-order valence-electron chi connectivity index (χ3n) is 3.93. The fourth-order valence-corrected chi connectivity index (χ4v) is 3.09. The van der Waals surface area contributed by atoms with Gasteiger partial charge in [0.2, 0.25) is 15.9 Å². The van der Waals surface area contributed by atoms with E-state index in [-0.39, 0.29) is 16.8 Å². The number of nitrogens with one attached hydrogen (secondary N) is 2.